The summed E-state index contributed by atoms with van der Waals surface area (Å²) in [7, 11) is 0. The normalized spacial score (nSPS) is 19.5. The van der Waals surface area contributed by atoms with Gasteiger partial charge in [-0.05, 0) is 66.7 Å². The summed E-state index contributed by atoms with van der Waals surface area (Å²) in [5, 5.41) is 30.1. The molecule has 1 fully saturated rings. The van der Waals surface area contributed by atoms with Gasteiger partial charge in [0.2, 0.25) is 5.82 Å². The van der Waals surface area contributed by atoms with Crippen LogP contribution in [0.15, 0.2) is 53.1 Å². The van der Waals surface area contributed by atoms with E-state index in [0.717, 1.165) is 48.1 Å². The van der Waals surface area contributed by atoms with Crippen LogP contribution < -0.4 is 0 Å². The number of aliphatic hydroxyl groups excluding tert-OH is 1. The number of allylic oxidation sites excluding steroid dienone is 2. The molecule has 2 aromatic heterocycles. The van der Waals surface area contributed by atoms with Gasteiger partial charge in [0, 0.05) is 28.0 Å². The van der Waals surface area contributed by atoms with E-state index in [-0.39, 0.29) is 12.0 Å². The lowest BCUT2D eigenvalue weighted by Gasteiger charge is -2.34. The number of aromatic amines is 1. The van der Waals surface area contributed by atoms with Gasteiger partial charge in [0.25, 0.3) is 0 Å². The van der Waals surface area contributed by atoms with Crippen molar-refractivity contribution >= 4 is 28.8 Å². The van der Waals surface area contributed by atoms with E-state index >= 15 is 0 Å². The zero-order valence-corrected chi connectivity index (χ0v) is 22.2. The molecule has 196 valence electrons. The maximum absolute atomic E-state index is 10.4. The highest BCUT2D eigenvalue weighted by Crippen LogP contribution is 2.46. The molecule has 2 aliphatic carbocycles. The van der Waals surface area contributed by atoms with Crippen LogP contribution in [-0.4, -0.2) is 44.1 Å². The molecule has 1 saturated carbocycles. The van der Waals surface area contributed by atoms with Gasteiger partial charge in [-0.15, -0.1) is 10.2 Å². The number of nitrogens with zero attached hydrogens (tertiary/aromatic N) is 4. The fraction of sp³-hybridized carbons (Fsp3) is 0.357. The van der Waals surface area contributed by atoms with E-state index in [9.17, 15) is 5.11 Å². The molecule has 0 spiro atoms. The second-order valence-corrected chi connectivity index (χ2v) is 11.0. The topological polar surface area (TPSA) is 110 Å². The highest BCUT2D eigenvalue weighted by Gasteiger charge is 2.35. The second-order valence-electron chi connectivity index (χ2n) is 10.1. The zero-order chi connectivity index (χ0) is 26.1. The van der Waals surface area contributed by atoms with Crippen molar-refractivity contribution in [2.45, 2.75) is 44.6 Å². The quantitative estimate of drug-likeness (QED) is 0.245. The molecule has 2 aliphatic rings. The van der Waals surface area contributed by atoms with E-state index in [1.54, 1.807) is 12.1 Å². The first-order valence-electron chi connectivity index (χ1n) is 12.7. The molecule has 2 aromatic carbocycles. The van der Waals surface area contributed by atoms with E-state index < -0.39 is 0 Å². The van der Waals surface area contributed by atoms with Crippen molar-refractivity contribution in [2.24, 2.45) is 5.41 Å². The maximum Gasteiger partial charge on any atom is 0.204 e. The molecule has 0 radical (unpaired) electrons. The van der Waals surface area contributed by atoms with Crippen LogP contribution >= 0.6 is 23.2 Å². The van der Waals surface area contributed by atoms with Crippen LogP contribution in [0.5, 0.6) is 0 Å². The summed E-state index contributed by atoms with van der Waals surface area (Å²) in [4.78, 5) is 0. The van der Waals surface area contributed by atoms with Gasteiger partial charge in [0.1, 0.15) is 11.5 Å². The molecular weight excluding hydrogens is 525 g/mol. The smallest absolute Gasteiger partial charge is 0.204 e. The number of H-pyrrole nitrogens is 1. The Morgan fingerprint density at radius 1 is 1.11 bits per heavy atom. The van der Waals surface area contributed by atoms with Gasteiger partial charge in [-0.1, -0.05) is 58.7 Å². The fourth-order valence-corrected chi connectivity index (χ4v) is 5.66. The second kappa shape index (κ2) is 10.6. The van der Waals surface area contributed by atoms with Crippen molar-refractivity contribution < 1.29 is 14.4 Å². The van der Waals surface area contributed by atoms with Gasteiger partial charge in [0.15, 0.2) is 0 Å². The minimum Gasteiger partial charge on any atom is -0.396 e. The van der Waals surface area contributed by atoms with Crippen molar-refractivity contribution in [3.8, 4) is 22.6 Å². The number of tetrazole rings is 1. The molecule has 0 bridgehead atoms. The largest absolute Gasteiger partial charge is 0.396 e. The molecule has 38 heavy (non-hydrogen) atoms. The van der Waals surface area contributed by atoms with Crippen molar-refractivity contribution in [2.75, 3.05) is 13.2 Å². The average molecular weight is 552 g/mol. The Hall–Kier alpha value is -3.04. The highest BCUT2D eigenvalue weighted by molar-refractivity contribution is 6.39. The predicted molar refractivity (Wildman–Crippen MR) is 145 cm³/mol. The first-order valence-corrected chi connectivity index (χ1v) is 13.5. The number of rotatable bonds is 9. The van der Waals surface area contributed by atoms with Crippen LogP contribution in [0.3, 0.4) is 0 Å². The Labute approximate surface area is 230 Å². The Kier molecular flexibility index (Phi) is 7.05. The minimum absolute atomic E-state index is 0.0436. The van der Waals surface area contributed by atoms with Gasteiger partial charge < -0.3 is 14.4 Å². The average Bonchev–Trinajstić information content (AvgIpc) is 3.46. The Morgan fingerprint density at radius 2 is 1.89 bits per heavy atom. The van der Waals surface area contributed by atoms with Crippen LogP contribution in [0.2, 0.25) is 10.0 Å². The Balaban J connectivity index is 1.17. The summed E-state index contributed by atoms with van der Waals surface area (Å²) in [6.07, 6.45) is 6.71. The molecule has 1 atom stereocenters. The van der Waals surface area contributed by atoms with E-state index in [2.05, 4.69) is 44.0 Å². The fourth-order valence-electron chi connectivity index (χ4n) is 5.09. The van der Waals surface area contributed by atoms with Gasteiger partial charge in [-0.25, -0.2) is 0 Å². The molecule has 2 heterocycles. The van der Waals surface area contributed by atoms with E-state index in [1.807, 2.05) is 18.2 Å². The lowest BCUT2D eigenvalue weighted by atomic mass is 9.75. The summed E-state index contributed by atoms with van der Waals surface area (Å²) in [6.45, 7) is 0.778. The summed E-state index contributed by atoms with van der Waals surface area (Å²) < 4.78 is 12.0. The molecule has 1 unspecified atom stereocenters. The molecular formula is C28H27Cl2N5O3. The van der Waals surface area contributed by atoms with Crippen LogP contribution in [0, 0.1) is 5.41 Å². The van der Waals surface area contributed by atoms with Gasteiger partial charge in [-0.2, -0.15) is 5.21 Å². The highest BCUT2D eigenvalue weighted by atomic mass is 35.5. The Bertz CT molecular complexity index is 1440. The summed E-state index contributed by atoms with van der Waals surface area (Å²) in [6, 6.07) is 13.5. The van der Waals surface area contributed by atoms with E-state index in [1.165, 1.54) is 5.57 Å². The number of hydrogen-bond acceptors (Lipinski definition) is 7. The molecule has 10 heteroatoms. The van der Waals surface area contributed by atoms with Gasteiger partial charge >= 0.3 is 0 Å². The zero-order valence-electron chi connectivity index (χ0n) is 20.7. The van der Waals surface area contributed by atoms with Crippen LogP contribution in [0.4, 0.5) is 0 Å². The standard InChI is InChI=1S/C28H27Cl2N5O3/c29-22-5-2-6-23(30)24(22)25-21(26(38-33-25)18-7-8-18)14-37-16-28(15-36)11-9-17(10-12-28)19-3-1-4-20(13-19)27-31-34-35-32-27/h1-6,9,13,18,36H,7-8,10-12,14-16H2,(H,31,32,34,35). The van der Waals surface area contributed by atoms with Crippen LogP contribution in [-0.2, 0) is 11.3 Å². The van der Waals surface area contributed by atoms with Crippen LogP contribution in [0.25, 0.3) is 28.2 Å². The molecule has 6 rings (SSSR count). The van der Waals surface area contributed by atoms with Crippen molar-refractivity contribution in [3.63, 3.8) is 0 Å². The number of ether oxygens (including phenoxy) is 1. The van der Waals surface area contributed by atoms with Gasteiger partial charge in [0.05, 0.1) is 29.9 Å². The molecule has 4 aromatic rings. The number of hydrogen-bond donors (Lipinski definition) is 2. The van der Waals surface area contributed by atoms with Gasteiger partial charge in [-0.3, -0.25) is 0 Å². The summed E-state index contributed by atoms with van der Waals surface area (Å²) in [5.74, 6) is 1.77. The van der Waals surface area contributed by atoms with E-state index in [0.29, 0.717) is 52.7 Å². The number of nitrogens with one attached hydrogen (secondary N) is 1. The molecule has 8 nitrogen and oxygen atoms in total. The first kappa shape index (κ1) is 25.2. The predicted octanol–water partition coefficient (Wildman–Crippen LogP) is 6.47. The first-order chi connectivity index (χ1) is 18.6. The van der Waals surface area contributed by atoms with Crippen molar-refractivity contribution in [1.29, 1.82) is 0 Å². The monoisotopic (exact) mass is 551 g/mol. The SMILES string of the molecule is OCC1(COCc2c(-c3c(Cl)cccc3Cl)noc2C2CC2)CC=C(c2cccc(-c3nn[nH]n3)c2)CC1. The van der Waals surface area contributed by atoms with Crippen molar-refractivity contribution in [1.82, 2.24) is 25.8 Å². The third kappa shape index (κ3) is 5.01. The maximum atomic E-state index is 10.4. The summed E-state index contributed by atoms with van der Waals surface area (Å²) >= 11 is 13.0. The lowest BCUT2D eigenvalue weighted by Crippen LogP contribution is -2.32. The minimum atomic E-state index is -0.353. The molecule has 2 N–H and O–H groups in total. The number of halogens is 2. The van der Waals surface area contributed by atoms with E-state index in [4.69, 9.17) is 32.5 Å². The Morgan fingerprint density at radius 3 is 2.58 bits per heavy atom. The lowest BCUT2D eigenvalue weighted by molar-refractivity contribution is -0.00605. The van der Waals surface area contributed by atoms with Crippen LogP contribution in [0.1, 0.15) is 54.9 Å². The molecule has 0 amide bonds. The molecule has 0 saturated heterocycles. The third-order valence-corrected chi connectivity index (χ3v) is 8.13. The summed E-state index contributed by atoms with van der Waals surface area (Å²) in [5.41, 5.74) is 5.11. The van der Waals surface area contributed by atoms with Crippen molar-refractivity contribution in [3.05, 3.63) is 75.5 Å². The number of benzene rings is 2. The third-order valence-electron chi connectivity index (χ3n) is 7.50. The number of aliphatic hydroxyl groups is 1. The molecule has 0 aliphatic heterocycles. The number of aromatic nitrogens is 5.